The van der Waals surface area contributed by atoms with Crippen molar-refractivity contribution < 1.29 is 4.39 Å². The fourth-order valence-electron chi connectivity index (χ4n) is 1.48. The fraction of sp³-hybridized carbons (Fsp3) is 0.462. The first kappa shape index (κ1) is 12.7. The zero-order chi connectivity index (χ0) is 12.1. The van der Waals surface area contributed by atoms with Crippen LogP contribution in [0.3, 0.4) is 0 Å². The van der Waals surface area contributed by atoms with Crippen LogP contribution in [0.2, 0.25) is 0 Å². The maximum atomic E-state index is 13.6. The topological polar surface area (TPSA) is 27.0 Å². The molecule has 0 N–H and O–H groups in total. The highest BCUT2D eigenvalue weighted by atomic mass is 19.1. The van der Waals surface area contributed by atoms with Gasteiger partial charge in [0.1, 0.15) is 5.82 Å². The summed E-state index contributed by atoms with van der Waals surface area (Å²) in [6, 6.07) is 6.99. The van der Waals surface area contributed by atoms with Crippen LogP contribution in [0.1, 0.15) is 31.4 Å². The van der Waals surface area contributed by atoms with Crippen LogP contribution in [-0.4, -0.2) is 18.0 Å². The molecule has 1 aromatic carbocycles. The van der Waals surface area contributed by atoms with Gasteiger partial charge in [0, 0.05) is 18.2 Å². The van der Waals surface area contributed by atoms with Gasteiger partial charge >= 0.3 is 0 Å². The van der Waals surface area contributed by atoms with E-state index in [0.717, 1.165) is 6.42 Å². The van der Waals surface area contributed by atoms with Gasteiger partial charge in [0.2, 0.25) is 0 Å². The molecular weight excluding hydrogens is 203 g/mol. The van der Waals surface area contributed by atoms with Gasteiger partial charge in [0.15, 0.2) is 0 Å². The monoisotopic (exact) mass is 220 g/mol. The number of hydrogen-bond acceptors (Lipinski definition) is 2. The first-order valence-corrected chi connectivity index (χ1v) is 5.47. The fourth-order valence-corrected chi connectivity index (χ4v) is 1.48. The van der Waals surface area contributed by atoms with E-state index in [1.54, 1.807) is 12.1 Å². The molecule has 0 heterocycles. The van der Waals surface area contributed by atoms with Crippen molar-refractivity contribution in [3.8, 4) is 6.07 Å². The van der Waals surface area contributed by atoms with Crippen molar-refractivity contribution in [1.29, 1.82) is 5.26 Å². The Morgan fingerprint density at radius 3 is 2.69 bits per heavy atom. The average molecular weight is 220 g/mol. The second-order valence-electron chi connectivity index (χ2n) is 4.09. The van der Waals surface area contributed by atoms with E-state index >= 15 is 0 Å². The highest BCUT2D eigenvalue weighted by Crippen LogP contribution is 2.13. The van der Waals surface area contributed by atoms with Gasteiger partial charge in [-0.1, -0.05) is 13.0 Å². The minimum atomic E-state index is -0.297. The highest BCUT2D eigenvalue weighted by molar-refractivity contribution is 5.32. The molecule has 0 saturated heterocycles. The molecule has 0 saturated carbocycles. The Labute approximate surface area is 96.3 Å². The third kappa shape index (κ3) is 3.04. The summed E-state index contributed by atoms with van der Waals surface area (Å²) in [6.45, 7) is 4.80. The lowest BCUT2D eigenvalue weighted by molar-refractivity contribution is 0.240. The smallest absolute Gasteiger partial charge is 0.129 e. The van der Waals surface area contributed by atoms with Gasteiger partial charge < -0.3 is 0 Å². The average Bonchev–Trinajstić information content (AvgIpc) is 2.30. The zero-order valence-electron chi connectivity index (χ0n) is 10.00. The van der Waals surface area contributed by atoms with E-state index < -0.39 is 0 Å². The summed E-state index contributed by atoms with van der Waals surface area (Å²) in [5, 5.41) is 8.63. The third-order valence-electron chi connectivity index (χ3n) is 2.95. The van der Waals surface area contributed by atoms with E-state index in [0.29, 0.717) is 23.7 Å². The second kappa shape index (κ2) is 5.62. The Morgan fingerprint density at radius 1 is 1.50 bits per heavy atom. The number of halogens is 1. The molecule has 1 atom stereocenters. The van der Waals surface area contributed by atoms with Gasteiger partial charge in [-0.15, -0.1) is 0 Å². The number of hydrogen-bond donors (Lipinski definition) is 0. The van der Waals surface area contributed by atoms with Crippen LogP contribution in [0.25, 0.3) is 0 Å². The predicted molar refractivity (Wildman–Crippen MR) is 62.3 cm³/mol. The SMILES string of the molecule is CCC(C)N(C)Cc1ccc(C#N)cc1F. The number of benzene rings is 1. The Balaban J connectivity index is 2.79. The summed E-state index contributed by atoms with van der Waals surface area (Å²) in [5.74, 6) is -0.297. The molecule has 0 fully saturated rings. The summed E-state index contributed by atoms with van der Waals surface area (Å²) in [5.41, 5.74) is 1.01. The largest absolute Gasteiger partial charge is 0.299 e. The van der Waals surface area contributed by atoms with Crippen LogP contribution in [0, 0.1) is 17.1 Å². The van der Waals surface area contributed by atoms with Crippen LogP contribution in [0.5, 0.6) is 0 Å². The van der Waals surface area contributed by atoms with Crippen LogP contribution in [0.15, 0.2) is 18.2 Å². The summed E-state index contributed by atoms with van der Waals surface area (Å²) >= 11 is 0. The molecule has 0 amide bonds. The van der Waals surface area contributed by atoms with Crippen LogP contribution in [0.4, 0.5) is 4.39 Å². The molecule has 0 aromatic heterocycles. The predicted octanol–water partition coefficient (Wildman–Crippen LogP) is 2.93. The normalized spacial score (nSPS) is 12.5. The Morgan fingerprint density at radius 2 is 2.19 bits per heavy atom. The number of nitriles is 1. The van der Waals surface area contributed by atoms with Gasteiger partial charge in [-0.05, 0) is 32.5 Å². The maximum Gasteiger partial charge on any atom is 0.129 e. The van der Waals surface area contributed by atoms with Gasteiger partial charge in [-0.3, -0.25) is 4.90 Å². The molecule has 16 heavy (non-hydrogen) atoms. The lowest BCUT2D eigenvalue weighted by Gasteiger charge is -2.23. The summed E-state index contributed by atoms with van der Waals surface area (Å²) in [6.07, 6.45) is 1.04. The van der Waals surface area contributed by atoms with Gasteiger partial charge in [-0.25, -0.2) is 4.39 Å². The number of nitrogens with zero attached hydrogens (tertiary/aromatic N) is 2. The zero-order valence-corrected chi connectivity index (χ0v) is 10.00. The molecule has 86 valence electrons. The lowest BCUT2D eigenvalue weighted by atomic mass is 10.1. The molecule has 0 aliphatic rings. The van der Waals surface area contributed by atoms with Gasteiger partial charge in [0.25, 0.3) is 0 Å². The van der Waals surface area contributed by atoms with E-state index in [-0.39, 0.29) is 5.82 Å². The third-order valence-corrected chi connectivity index (χ3v) is 2.95. The standard InChI is InChI=1S/C13H17FN2/c1-4-10(2)16(3)9-12-6-5-11(8-15)7-13(12)14/h5-7,10H,4,9H2,1-3H3. The van der Waals surface area contributed by atoms with Crippen molar-refractivity contribution in [1.82, 2.24) is 4.90 Å². The Bertz CT molecular complexity index is 395. The Kier molecular flexibility index (Phi) is 4.45. The summed E-state index contributed by atoms with van der Waals surface area (Å²) in [7, 11) is 1.98. The number of rotatable bonds is 4. The van der Waals surface area contributed by atoms with Crippen LogP contribution >= 0.6 is 0 Å². The van der Waals surface area contributed by atoms with Crippen molar-refractivity contribution in [2.24, 2.45) is 0 Å². The molecule has 2 nitrogen and oxygen atoms in total. The van der Waals surface area contributed by atoms with Crippen molar-refractivity contribution in [2.75, 3.05) is 7.05 Å². The molecular formula is C13H17FN2. The molecule has 1 unspecified atom stereocenters. The molecule has 0 aliphatic heterocycles. The first-order chi connectivity index (χ1) is 7.58. The van der Waals surface area contributed by atoms with Gasteiger partial charge in [-0.2, -0.15) is 5.26 Å². The lowest BCUT2D eigenvalue weighted by Crippen LogP contribution is -2.28. The molecule has 0 aliphatic carbocycles. The van der Waals surface area contributed by atoms with Crippen LogP contribution in [-0.2, 0) is 6.54 Å². The van der Waals surface area contributed by atoms with Crippen LogP contribution < -0.4 is 0 Å². The minimum absolute atomic E-state index is 0.297. The molecule has 0 spiro atoms. The summed E-state index contributed by atoms with van der Waals surface area (Å²) < 4.78 is 13.6. The summed E-state index contributed by atoms with van der Waals surface area (Å²) in [4.78, 5) is 2.10. The highest BCUT2D eigenvalue weighted by Gasteiger charge is 2.10. The molecule has 0 radical (unpaired) electrons. The second-order valence-corrected chi connectivity index (χ2v) is 4.09. The van der Waals surface area contributed by atoms with Crippen molar-refractivity contribution >= 4 is 0 Å². The molecule has 1 aromatic rings. The van der Waals surface area contributed by atoms with Crippen molar-refractivity contribution in [3.05, 3.63) is 35.1 Å². The maximum absolute atomic E-state index is 13.6. The quantitative estimate of drug-likeness (QED) is 0.780. The molecule has 1 rings (SSSR count). The Hall–Kier alpha value is -1.40. The van der Waals surface area contributed by atoms with Crippen molar-refractivity contribution in [2.45, 2.75) is 32.9 Å². The molecule has 3 heteroatoms. The van der Waals surface area contributed by atoms with E-state index in [1.165, 1.54) is 6.07 Å². The van der Waals surface area contributed by atoms with E-state index in [1.807, 2.05) is 13.1 Å². The van der Waals surface area contributed by atoms with Gasteiger partial charge in [0.05, 0.1) is 11.6 Å². The first-order valence-electron chi connectivity index (χ1n) is 5.47. The molecule has 0 bridgehead atoms. The van der Waals surface area contributed by atoms with E-state index in [4.69, 9.17) is 5.26 Å². The van der Waals surface area contributed by atoms with E-state index in [9.17, 15) is 4.39 Å². The minimum Gasteiger partial charge on any atom is -0.299 e. The van der Waals surface area contributed by atoms with E-state index in [2.05, 4.69) is 18.7 Å². The van der Waals surface area contributed by atoms with Crippen molar-refractivity contribution in [3.63, 3.8) is 0 Å².